The molecule has 1 aromatic rings. The van der Waals surface area contributed by atoms with Crippen LogP contribution in [0.25, 0.3) is 0 Å². The van der Waals surface area contributed by atoms with Crippen LogP contribution in [0.1, 0.15) is 31.1 Å². The molecule has 0 radical (unpaired) electrons. The molecule has 0 saturated carbocycles. The molecule has 2 heterocycles. The lowest BCUT2D eigenvalue weighted by atomic mass is 10.0. The SMILES string of the molecule is CC1CCNC1c1nc(CCOCC(F)(F)F)no1. The van der Waals surface area contributed by atoms with E-state index in [1.54, 1.807) is 0 Å². The first-order valence-corrected chi connectivity index (χ1v) is 6.16. The fourth-order valence-corrected chi connectivity index (χ4v) is 2.01. The van der Waals surface area contributed by atoms with Crippen molar-refractivity contribution < 1.29 is 22.4 Å². The lowest BCUT2D eigenvalue weighted by molar-refractivity contribution is -0.173. The van der Waals surface area contributed by atoms with E-state index in [-0.39, 0.29) is 19.1 Å². The minimum absolute atomic E-state index is 0.0392. The summed E-state index contributed by atoms with van der Waals surface area (Å²) in [5, 5.41) is 6.99. The number of alkyl halides is 3. The third-order valence-corrected chi connectivity index (χ3v) is 3.02. The van der Waals surface area contributed by atoms with E-state index in [9.17, 15) is 13.2 Å². The maximum absolute atomic E-state index is 11.8. The molecule has 0 spiro atoms. The minimum atomic E-state index is -4.30. The third-order valence-electron chi connectivity index (χ3n) is 3.02. The van der Waals surface area contributed by atoms with E-state index in [4.69, 9.17) is 4.52 Å². The van der Waals surface area contributed by atoms with Gasteiger partial charge >= 0.3 is 6.18 Å². The van der Waals surface area contributed by atoms with Gasteiger partial charge in [-0.3, -0.25) is 0 Å². The van der Waals surface area contributed by atoms with Gasteiger partial charge < -0.3 is 14.6 Å². The van der Waals surface area contributed by atoms with E-state index in [1.165, 1.54) is 0 Å². The molecule has 2 rings (SSSR count). The zero-order valence-electron chi connectivity index (χ0n) is 10.5. The zero-order chi connectivity index (χ0) is 13.9. The standard InChI is InChI=1S/C11H16F3N3O2/c1-7-2-4-15-9(7)10-16-8(17-19-10)3-5-18-6-11(12,13)14/h7,9,15H,2-6H2,1H3. The maximum atomic E-state index is 11.8. The molecule has 19 heavy (non-hydrogen) atoms. The maximum Gasteiger partial charge on any atom is 0.411 e. The first-order chi connectivity index (χ1) is 8.96. The molecular weight excluding hydrogens is 263 g/mol. The van der Waals surface area contributed by atoms with E-state index >= 15 is 0 Å². The Labute approximate surface area is 108 Å². The van der Waals surface area contributed by atoms with E-state index < -0.39 is 12.8 Å². The Morgan fingerprint density at radius 3 is 2.89 bits per heavy atom. The number of ether oxygens (including phenoxy) is 1. The smallest absolute Gasteiger partial charge is 0.372 e. The highest BCUT2D eigenvalue weighted by Gasteiger charge is 2.29. The van der Waals surface area contributed by atoms with Gasteiger partial charge in [0.1, 0.15) is 6.61 Å². The third kappa shape index (κ3) is 4.17. The van der Waals surface area contributed by atoms with Gasteiger partial charge in [-0.1, -0.05) is 12.1 Å². The fourth-order valence-electron chi connectivity index (χ4n) is 2.01. The van der Waals surface area contributed by atoms with Crippen molar-refractivity contribution in [3.63, 3.8) is 0 Å². The van der Waals surface area contributed by atoms with Crippen molar-refractivity contribution >= 4 is 0 Å². The summed E-state index contributed by atoms with van der Waals surface area (Å²) in [7, 11) is 0. The molecule has 5 nitrogen and oxygen atoms in total. The Hall–Kier alpha value is -1.15. The first-order valence-electron chi connectivity index (χ1n) is 6.16. The Morgan fingerprint density at radius 2 is 2.26 bits per heavy atom. The molecule has 2 unspecified atom stereocenters. The van der Waals surface area contributed by atoms with Gasteiger partial charge in [0.2, 0.25) is 5.89 Å². The molecular formula is C11H16F3N3O2. The molecule has 1 aliphatic rings. The molecule has 1 aromatic heterocycles. The van der Waals surface area contributed by atoms with Crippen molar-refractivity contribution in [1.29, 1.82) is 0 Å². The molecule has 1 saturated heterocycles. The monoisotopic (exact) mass is 279 g/mol. The van der Waals surface area contributed by atoms with E-state index in [1.807, 2.05) is 0 Å². The molecule has 1 aliphatic heterocycles. The normalized spacial score (nSPS) is 24.0. The second-order valence-corrected chi connectivity index (χ2v) is 4.66. The number of nitrogens with zero attached hydrogens (tertiary/aromatic N) is 2. The van der Waals surface area contributed by atoms with Crippen molar-refractivity contribution in [3.05, 3.63) is 11.7 Å². The van der Waals surface area contributed by atoms with Crippen LogP contribution in [0.5, 0.6) is 0 Å². The van der Waals surface area contributed by atoms with Crippen LogP contribution in [0.2, 0.25) is 0 Å². The zero-order valence-corrected chi connectivity index (χ0v) is 10.5. The van der Waals surface area contributed by atoms with Crippen molar-refractivity contribution in [2.45, 2.75) is 32.0 Å². The minimum Gasteiger partial charge on any atom is -0.372 e. The summed E-state index contributed by atoms with van der Waals surface area (Å²) in [6, 6.07) is 0.0392. The quantitative estimate of drug-likeness (QED) is 0.834. The summed E-state index contributed by atoms with van der Waals surface area (Å²) < 4.78 is 45.2. The van der Waals surface area contributed by atoms with Gasteiger partial charge in [0.25, 0.3) is 0 Å². The molecule has 0 amide bonds. The summed E-state index contributed by atoms with van der Waals surface area (Å²) in [5.74, 6) is 1.28. The van der Waals surface area contributed by atoms with Gasteiger partial charge in [-0.2, -0.15) is 18.2 Å². The van der Waals surface area contributed by atoms with Gasteiger partial charge in [0.15, 0.2) is 5.82 Å². The van der Waals surface area contributed by atoms with Gasteiger partial charge in [-0.05, 0) is 18.9 Å². The Bertz CT molecular complexity index is 408. The van der Waals surface area contributed by atoms with Gasteiger partial charge in [-0.25, -0.2) is 0 Å². The van der Waals surface area contributed by atoms with Crippen LogP contribution in [0.3, 0.4) is 0 Å². The highest BCUT2D eigenvalue weighted by Crippen LogP contribution is 2.27. The van der Waals surface area contributed by atoms with Gasteiger partial charge in [0.05, 0.1) is 12.6 Å². The number of hydrogen-bond donors (Lipinski definition) is 1. The fraction of sp³-hybridized carbons (Fsp3) is 0.818. The Kier molecular flexibility index (Phi) is 4.41. The number of hydrogen-bond acceptors (Lipinski definition) is 5. The second-order valence-electron chi connectivity index (χ2n) is 4.66. The molecule has 0 bridgehead atoms. The second kappa shape index (κ2) is 5.87. The predicted octanol–water partition coefficient (Wildman–Crippen LogP) is 1.86. The lowest BCUT2D eigenvalue weighted by Crippen LogP contribution is -2.18. The largest absolute Gasteiger partial charge is 0.411 e. The van der Waals surface area contributed by atoms with Crippen LogP contribution in [-0.2, 0) is 11.2 Å². The van der Waals surface area contributed by atoms with Crippen molar-refractivity contribution in [3.8, 4) is 0 Å². The van der Waals surface area contributed by atoms with Crippen molar-refractivity contribution in [2.24, 2.45) is 5.92 Å². The number of rotatable bonds is 5. The van der Waals surface area contributed by atoms with Gasteiger partial charge in [-0.15, -0.1) is 0 Å². The summed E-state index contributed by atoms with van der Waals surface area (Å²) in [6.45, 7) is 1.66. The van der Waals surface area contributed by atoms with Crippen LogP contribution >= 0.6 is 0 Å². The average Bonchev–Trinajstić information content (AvgIpc) is 2.91. The molecule has 1 N–H and O–H groups in total. The highest BCUT2D eigenvalue weighted by molar-refractivity contribution is 4.98. The van der Waals surface area contributed by atoms with Crippen LogP contribution in [-0.4, -0.2) is 36.1 Å². The number of aromatic nitrogens is 2. The molecule has 0 aromatic carbocycles. The molecule has 2 atom stereocenters. The van der Waals surface area contributed by atoms with E-state index in [0.29, 0.717) is 17.6 Å². The van der Waals surface area contributed by atoms with E-state index in [0.717, 1.165) is 13.0 Å². The summed E-state index contributed by atoms with van der Waals surface area (Å²) in [4.78, 5) is 4.18. The molecule has 0 aliphatic carbocycles. The number of halogens is 3. The molecule has 108 valence electrons. The van der Waals surface area contributed by atoms with Crippen molar-refractivity contribution in [1.82, 2.24) is 15.5 Å². The summed E-state index contributed by atoms with van der Waals surface area (Å²) >= 11 is 0. The van der Waals surface area contributed by atoms with Crippen molar-refractivity contribution in [2.75, 3.05) is 19.8 Å². The predicted molar refractivity (Wildman–Crippen MR) is 59.4 cm³/mol. The van der Waals surface area contributed by atoms with Crippen LogP contribution in [0.4, 0.5) is 13.2 Å². The summed E-state index contributed by atoms with van der Waals surface area (Å²) in [6.07, 6.45) is -3.05. The Morgan fingerprint density at radius 1 is 1.47 bits per heavy atom. The van der Waals surface area contributed by atoms with E-state index in [2.05, 4.69) is 27.1 Å². The van der Waals surface area contributed by atoms with Gasteiger partial charge in [0, 0.05) is 6.42 Å². The first kappa shape index (κ1) is 14.3. The molecule has 1 fully saturated rings. The number of nitrogens with one attached hydrogen (secondary N) is 1. The lowest BCUT2D eigenvalue weighted by Gasteiger charge is -2.09. The topological polar surface area (TPSA) is 60.2 Å². The highest BCUT2D eigenvalue weighted by atomic mass is 19.4. The average molecular weight is 279 g/mol. The van der Waals surface area contributed by atoms with Crippen LogP contribution in [0, 0.1) is 5.92 Å². The van der Waals surface area contributed by atoms with Crippen LogP contribution < -0.4 is 5.32 Å². The van der Waals surface area contributed by atoms with Crippen LogP contribution in [0.15, 0.2) is 4.52 Å². The summed E-state index contributed by atoms with van der Waals surface area (Å²) in [5.41, 5.74) is 0. The Balaban J connectivity index is 1.78. The molecule has 8 heteroatoms.